The summed E-state index contributed by atoms with van der Waals surface area (Å²) in [6.07, 6.45) is 4.63. The number of hydrogen-bond acceptors (Lipinski definition) is 5. The number of benzene rings is 2. The molecule has 0 aromatic heterocycles. The summed E-state index contributed by atoms with van der Waals surface area (Å²) in [4.78, 5) is 27.6. The van der Waals surface area contributed by atoms with E-state index in [0.717, 1.165) is 42.4 Å². The van der Waals surface area contributed by atoms with Gasteiger partial charge in [-0.05, 0) is 65.3 Å². The highest BCUT2D eigenvalue weighted by Gasteiger charge is 2.46. The van der Waals surface area contributed by atoms with Gasteiger partial charge in [-0.25, -0.2) is 0 Å². The standard InChI is InChI=1S/C30H40N2O5/c1-18(2)14-30(29(36)37,23-7-5-6-8-23)31-15-20-9-10-21-16-32(17-22(21)11-20)28(35)25-12-24(19(3)4)26(33)13-27(25)34/h9-13,18-19,23,31,33-34H,5-8,14-17H2,1-4H3,(H,36,37)/t30-/m1/s1. The molecule has 37 heavy (non-hydrogen) atoms. The highest BCUT2D eigenvalue weighted by molar-refractivity contribution is 5.97. The molecule has 1 heterocycles. The quantitative estimate of drug-likeness (QED) is 0.355. The molecule has 0 unspecified atom stereocenters. The van der Waals surface area contributed by atoms with Gasteiger partial charge in [0.2, 0.25) is 0 Å². The molecule has 0 bridgehead atoms. The monoisotopic (exact) mass is 508 g/mol. The normalized spacial score (nSPS) is 17.4. The molecule has 2 aliphatic rings. The van der Waals surface area contributed by atoms with Crippen molar-refractivity contribution in [1.29, 1.82) is 0 Å². The van der Waals surface area contributed by atoms with Gasteiger partial charge in [-0.1, -0.05) is 58.7 Å². The topological polar surface area (TPSA) is 110 Å². The molecule has 1 aliphatic carbocycles. The third-order valence-corrected chi connectivity index (χ3v) is 8.05. The molecule has 1 fully saturated rings. The molecular formula is C30H40N2O5. The number of rotatable bonds is 9. The maximum atomic E-state index is 13.3. The SMILES string of the molecule is CC(C)C[C@](NCc1ccc2c(c1)CN(C(=O)c1cc(C(C)C)c(O)cc1O)C2)(C(=O)O)C1CCCC1. The number of phenolic OH excluding ortho intramolecular Hbond substituents is 2. The summed E-state index contributed by atoms with van der Waals surface area (Å²) in [6, 6.07) is 8.90. The van der Waals surface area contributed by atoms with Crippen LogP contribution in [0.3, 0.4) is 0 Å². The Kier molecular flexibility index (Phi) is 7.83. The number of aliphatic carboxylic acids is 1. The first-order valence-electron chi connectivity index (χ1n) is 13.5. The molecule has 1 amide bonds. The van der Waals surface area contributed by atoms with Crippen LogP contribution in [0, 0.1) is 11.8 Å². The van der Waals surface area contributed by atoms with Crippen LogP contribution in [0.4, 0.5) is 0 Å². The fourth-order valence-electron chi connectivity index (χ4n) is 6.14. The van der Waals surface area contributed by atoms with E-state index in [1.807, 2.05) is 26.0 Å². The number of amides is 1. The summed E-state index contributed by atoms with van der Waals surface area (Å²) >= 11 is 0. The molecule has 1 aliphatic heterocycles. The predicted molar refractivity (Wildman–Crippen MR) is 142 cm³/mol. The highest BCUT2D eigenvalue weighted by atomic mass is 16.4. The largest absolute Gasteiger partial charge is 0.508 e. The van der Waals surface area contributed by atoms with E-state index in [2.05, 4.69) is 25.2 Å². The Morgan fingerprint density at radius 3 is 2.30 bits per heavy atom. The van der Waals surface area contributed by atoms with Crippen molar-refractivity contribution in [3.63, 3.8) is 0 Å². The number of hydrogen-bond donors (Lipinski definition) is 4. The van der Waals surface area contributed by atoms with Crippen molar-refractivity contribution in [1.82, 2.24) is 10.2 Å². The molecule has 0 radical (unpaired) electrons. The lowest BCUT2D eigenvalue weighted by Crippen LogP contribution is -2.57. The van der Waals surface area contributed by atoms with Gasteiger partial charge >= 0.3 is 5.97 Å². The van der Waals surface area contributed by atoms with E-state index < -0.39 is 11.5 Å². The van der Waals surface area contributed by atoms with Crippen LogP contribution >= 0.6 is 0 Å². The Bertz CT molecular complexity index is 1170. The Hall–Kier alpha value is -3.06. The van der Waals surface area contributed by atoms with Crippen LogP contribution in [0.2, 0.25) is 0 Å². The smallest absolute Gasteiger partial charge is 0.324 e. The van der Waals surface area contributed by atoms with Gasteiger partial charge in [-0.3, -0.25) is 14.9 Å². The predicted octanol–water partition coefficient (Wildman–Crippen LogP) is 5.53. The second-order valence-electron chi connectivity index (χ2n) is 11.6. The number of nitrogens with zero attached hydrogens (tertiary/aromatic N) is 1. The zero-order valence-corrected chi connectivity index (χ0v) is 22.4. The summed E-state index contributed by atoms with van der Waals surface area (Å²) in [7, 11) is 0. The number of carbonyl (C=O) groups is 2. The molecule has 1 saturated carbocycles. The van der Waals surface area contributed by atoms with Crippen LogP contribution in [0.1, 0.15) is 98.3 Å². The minimum atomic E-state index is -0.934. The third-order valence-electron chi connectivity index (χ3n) is 8.05. The van der Waals surface area contributed by atoms with Crippen molar-refractivity contribution in [3.8, 4) is 11.5 Å². The number of carboxylic acids is 1. The Morgan fingerprint density at radius 1 is 1.00 bits per heavy atom. The molecule has 2 aromatic carbocycles. The number of fused-ring (bicyclic) bond motifs is 1. The molecule has 4 rings (SSSR count). The maximum absolute atomic E-state index is 13.3. The van der Waals surface area contributed by atoms with E-state index in [-0.39, 0.29) is 40.7 Å². The summed E-state index contributed by atoms with van der Waals surface area (Å²) in [5, 5.41) is 34.3. The maximum Gasteiger partial charge on any atom is 0.324 e. The molecule has 2 aromatic rings. The summed E-state index contributed by atoms with van der Waals surface area (Å²) in [5.41, 5.74) is 2.94. The van der Waals surface area contributed by atoms with E-state index in [9.17, 15) is 24.9 Å². The van der Waals surface area contributed by atoms with E-state index >= 15 is 0 Å². The third kappa shape index (κ3) is 5.47. The Morgan fingerprint density at radius 2 is 1.68 bits per heavy atom. The zero-order valence-electron chi connectivity index (χ0n) is 22.4. The number of carbonyl (C=O) groups excluding carboxylic acids is 1. The van der Waals surface area contributed by atoms with Crippen molar-refractivity contribution in [3.05, 3.63) is 58.1 Å². The molecule has 7 heteroatoms. The minimum Gasteiger partial charge on any atom is -0.508 e. The van der Waals surface area contributed by atoms with Crippen molar-refractivity contribution >= 4 is 11.9 Å². The average molecular weight is 509 g/mol. The van der Waals surface area contributed by atoms with Crippen LogP contribution in [0.5, 0.6) is 11.5 Å². The second-order valence-corrected chi connectivity index (χ2v) is 11.6. The number of aromatic hydroxyl groups is 2. The van der Waals surface area contributed by atoms with Gasteiger partial charge in [0.15, 0.2) is 0 Å². The summed E-state index contributed by atoms with van der Waals surface area (Å²) in [6.45, 7) is 9.30. The second kappa shape index (κ2) is 10.7. The minimum absolute atomic E-state index is 0.0100. The van der Waals surface area contributed by atoms with Crippen LogP contribution in [0.25, 0.3) is 0 Å². The highest BCUT2D eigenvalue weighted by Crippen LogP contribution is 2.39. The Labute approximate surface area is 219 Å². The van der Waals surface area contributed by atoms with E-state index in [4.69, 9.17) is 0 Å². The summed E-state index contributed by atoms with van der Waals surface area (Å²) in [5.74, 6) is -0.886. The average Bonchev–Trinajstić information content (AvgIpc) is 3.51. The van der Waals surface area contributed by atoms with Crippen LogP contribution in [0.15, 0.2) is 30.3 Å². The molecule has 7 nitrogen and oxygen atoms in total. The first kappa shape index (κ1) is 27.0. The van der Waals surface area contributed by atoms with Crippen LogP contribution in [-0.4, -0.2) is 37.6 Å². The molecular weight excluding hydrogens is 468 g/mol. The number of carboxylic acid groups (broad SMARTS) is 1. The number of nitrogens with one attached hydrogen (secondary N) is 1. The number of phenols is 2. The zero-order chi connectivity index (χ0) is 26.9. The van der Waals surface area contributed by atoms with Crippen LogP contribution in [-0.2, 0) is 24.4 Å². The first-order chi connectivity index (χ1) is 17.5. The first-order valence-corrected chi connectivity index (χ1v) is 13.5. The van der Waals surface area contributed by atoms with Gasteiger partial charge < -0.3 is 20.2 Å². The van der Waals surface area contributed by atoms with Crippen molar-refractivity contribution in [2.75, 3.05) is 0 Å². The van der Waals surface area contributed by atoms with Crippen molar-refractivity contribution in [2.24, 2.45) is 11.8 Å². The van der Waals surface area contributed by atoms with Gasteiger partial charge in [0.1, 0.15) is 17.0 Å². The van der Waals surface area contributed by atoms with Gasteiger partial charge in [0, 0.05) is 25.7 Å². The molecule has 4 N–H and O–H groups in total. The fraction of sp³-hybridized carbons (Fsp3) is 0.533. The van der Waals surface area contributed by atoms with Gasteiger partial charge in [0.25, 0.3) is 5.91 Å². The lowest BCUT2D eigenvalue weighted by Gasteiger charge is -2.38. The molecule has 0 spiro atoms. The van der Waals surface area contributed by atoms with Crippen molar-refractivity contribution in [2.45, 2.75) is 90.9 Å². The van der Waals surface area contributed by atoms with E-state index in [1.165, 1.54) is 6.07 Å². The molecule has 1 atom stereocenters. The van der Waals surface area contributed by atoms with Crippen LogP contribution < -0.4 is 5.32 Å². The molecule has 200 valence electrons. The lowest BCUT2D eigenvalue weighted by atomic mass is 9.76. The van der Waals surface area contributed by atoms with Gasteiger partial charge in [-0.2, -0.15) is 0 Å². The van der Waals surface area contributed by atoms with E-state index in [0.29, 0.717) is 31.6 Å². The fourth-order valence-corrected chi connectivity index (χ4v) is 6.14. The van der Waals surface area contributed by atoms with Gasteiger partial charge in [-0.15, -0.1) is 0 Å². The Balaban J connectivity index is 1.51. The van der Waals surface area contributed by atoms with Gasteiger partial charge in [0.05, 0.1) is 5.56 Å². The molecule has 0 saturated heterocycles. The summed E-state index contributed by atoms with van der Waals surface area (Å²) < 4.78 is 0. The van der Waals surface area contributed by atoms with E-state index in [1.54, 1.807) is 11.0 Å². The lowest BCUT2D eigenvalue weighted by molar-refractivity contribution is -0.148. The van der Waals surface area contributed by atoms with Crippen molar-refractivity contribution < 1.29 is 24.9 Å².